The van der Waals surface area contributed by atoms with Crippen molar-refractivity contribution >= 4 is 45.1 Å². The first kappa shape index (κ1) is 23.7. The summed E-state index contributed by atoms with van der Waals surface area (Å²) in [5.74, 6) is -2.61. The lowest BCUT2D eigenvalue weighted by Gasteiger charge is -2.09. The van der Waals surface area contributed by atoms with E-state index in [0.717, 1.165) is 11.3 Å². The highest BCUT2D eigenvalue weighted by Gasteiger charge is 2.32. The topological polar surface area (TPSA) is 111 Å². The van der Waals surface area contributed by atoms with E-state index in [0.29, 0.717) is 11.1 Å². The van der Waals surface area contributed by atoms with Gasteiger partial charge < -0.3 is 20.1 Å². The maximum Gasteiger partial charge on any atom is 0.342 e. The van der Waals surface area contributed by atoms with Gasteiger partial charge in [0, 0.05) is 11.1 Å². The van der Waals surface area contributed by atoms with Crippen LogP contribution in [-0.2, 0) is 9.47 Å². The van der Waals surface area contributed by atoms with Crippen LogP contribution in [0, 0.1) is 0 Å². The van der Waals surface area contributed by atoms with Crippen LogP contribution in [0.5, 0.6) is 0 Å². The molecule has 9 heteroatoms. The minimum absolute atomic E-state index is 0.0503. The van der Waals surface area contributed by atoms with Crippen LogP contribution in [0.1, 0.15) is 55.3 Å². The first-order valence-corrected chi connectivity index (χ1v) is 11.0. The number of carbonyl (C=O) groups excluding carboxylic acids is 4. The Balaban J connectivity index is 2.07. The number of carbonyl (C=O) groups is 4. The van der Waals surface area contributed by atoms with Gasteiger partial charge >= 0.3 is 11.9 Å². The van der Waals surface area contributed by atoms with E-state index in [1.54, 1.807) is 74.5 Å². The Morgan fingerprint density at radius 2 is 1.03 bits per heavy atom. The van der Waals surface area contributed by atoms with Crippen LogP contribution >= 0.6 is 11.3 Å². The molecule has 33 heavy (non-hydrogen) atoms. The summed E-state index contributed by atoms with van der Waals surface area (Å²) in [7, 11) is 0. The van der Waals surface area contributed by atoms with Crippen molar-refractivity contribution in [2.45, 2.75) is 13.8 Å². The van der Waals surface area contributed by atoms with Crippen LogP contribution < -0.4 is 10.6 Å². The zero-order valence-corrected chi connectivity index (χ0v) is 18.9. The highest BCUT2D eigenvalue weighted by atomic mass is 32.1. The van der Waals surface area contributed by atoms with Crippen molar-refractivity contribution in [1.29, 1.82) is 0 Å². The molecule has 1 heterocycles. The van der Waals surface area contributed by atoms with Gasteiger partial charge in [0.05, 0.1) is 13.2 Å². The minimum atomic E-state index is -0.819. The second-order valence-corrected chi connectivity index (χ2v) is 7.61. The molecule has 8 nitrogen and oxygen atoms in total. The molecule has 0 aliphatic rings. The number of thiophene rings is 1. The third kappa shape index (κ3) is 5.64. The van der Waals surface area contributed by atoms with Crippen LogP contribution in [0.4, 0.5) is 10.0 Å². The molecule has 0 bridgehead atoms. The molecule has 3 rings (SSSR count). The SMILES string of the molecule is CCOC(=O)c1c(NC(=O)c2ccccc2)sc(NC(=O)c2ccccc2)c1C(=O)OCC. The molecule has 170 valence electrons. The second-order valence-electron chi connectivity index (χ2n) is 6.59. The zero-order valence-electron chi connectivity index (χ0n) is 18.0. The summed E-state index contributed by atoms with van der Waals surface area (Å²) in [6.45, 7) is 3.34. The maximum absolute atomic E-state index is 12.8. The van der Waals surface area contributed by atoms with Gasteiger partial charge in [-0.2, -0.15) is 0 Å². The van der Waals surface area contributed by atoms with E-state index in [4.69, 9.17) is 9.47 Å². The molecule has 0 saturated heterocycles. The van der Waals surface area contributed by atoms with Gasteiger partial charge in [-0.3, -0.25) is 9.59 Å². The zero-order chi connectivity index (χ0) is 23.8. The summed E-state index contributed by atoms with van der Waals surface area (Å²) in [5, 5.41) is 5.44. The number of amides is 2. The lowest BCUT2D eigenvalue weighted by molar-refractivity contribution is 0.0481. The molecule has 2 aromatic carbocycles. The van der Waals surface area contributed by atoms with E-state index in [9.17, 15) is 19.2 Å². The predicted octanol–water partition coefficient (Wildman–Crippen LogP) is 4.61. The van der Waals surface area contributed by atoms with Crippen LogP contribution in [0.25, 0.3) is 0 Å². The Kier molecular flexibility index (Phi) is 7.93. The molecule has 0 spiro atoms. The Morgan fingerprint density at radius 1 is 0.667 bits per heavy atom. The third-order valence-corrected chi connectivity index (χ3v) is 5.41. The fourth-order valence-corrected chi connectivity index (χ4v) is 4.00. The second kappa shape index (κ2) is 11.1. The highest BCUT2D eigenvalue weighted by Crippen LogP contribution is 2.39. The van der Waals surface area contributed by atoms with Gasteiger partial charge in [0.25, 0.3) is 11.8 Å². The van der Waals surface area contributed by atoms with Crippen molar-refractivity contribution in [3.63, 3.8) is 0 Å². The molecule has 3 aromatic rings. The van der Waals surface area contributed by atoms with Gasteiger partial charge in [0.1, 0.15) is 21.1 Å². The molecule has 0 atom stereocenters. The average Bonchev–Trinajstić information content (AvgIpc) is 3.18. The van der Waals surface area contributed by atoms with E-state index in [1.165, 1.54) is 0 Å². The van der Waals surface area contributed by atoms with E-state index >= 15 is 0 Å². The van der Waals surface area contributed by atoms with Crippen LogP contribution in [0.15, 0.2) is 60.7 Å². The van der Waals surface area contributed by atoms with E-state index < -0.39 is 23.8 Å². The smallest absolute Gasteiger partial charge is 0.342 e. The standard InChI is InChI=1S/C24H22N2O6S/c1-3-31-23(29)17-18(24(30)32-4-2)22(26-20(28)16-13-9-6-10-14-16)33-21(17)25-19(27)15-11-7-5-8-12-15/h5-14H,3-4H2,1-2H3,(H,25,27)(H,26,28). The van der Waals surface area contributed by atoms with Crippen molar-refractivity contribution in [1.82, 2.24) is 0 Å². The highest BCUT2D eigenvalue weighted by molar-refractivity contribution is 7.21. The Bertz CT molecular complexity index is 1070. The molecule has 0 saturated carbocycles. The van der Waals surface area contributed by atoms with E-state index in [-0.39, 0.29) is 34.3 Å². The lowest BCUT2D eigenvalue weighted by Crippen LogP contribution is -2.18. The lowest BCUT2D eigenvalue weighted by atomic mass is 10.1. The molecule has 2 amide bonds. The van der Waals surface area contributed by atoms with Crippen molar-refractivity contribution in [3.05, 3.63) is 82.9 Å². The molecule has 2 N–H and O–H groups in total. The van der Waals surface area contributed by atoms with Gasteiger partial charge in [-0.25, -0.2) is 9.59 Å². The molecule has 0 unspecified atom stereocenters. The number of esters is 2. The van der Waals surface area contributed by atoms with Crippen molar-refractivity contribution in [2.24, 2.45) is 0 Å². The van der Waals surface area contributed by atoms with Crippen LogP contribution in [-0.4, -0.2) is 37.0 Å². The largest absolute Gasteiger partial charge is 0.462 e. The summed E-state index contributed by atoms with van der Waals surface area (Å²) in [6.07, 6.45) is 0. The van der Waals surface area contributed by atoms with Gasteiger partial charge in [0.15, 0.2) is 0 Å². The first-order chi connectivity index (χ1) is 16.0. The average molecular weight is 467 g/mol. The van der Waals surface area contributed by atoms with Crippen LogP contribution in [0.2, 0.25) is 0 Å². The Labute approximate surface area is 194 Å². The molecule has 0 fully saturated rings. The van der Waals surface area contributed by atoms with Crippen LogP contribution in [0.3, 0.4) is 0 Å². The number of anilines is 2. The summed E-state index contributed by atoms with van der Waals surface area (Å²) in [4.78, 5) is 51.1. The van der Waals surface area contributed by atoms with Gasteiger partial charge in [0.2, 0.25) is 0 Å². The molecule has 0 radical (unpaired) electrons. The number of rotatable bonds is 8. The normalized spacial score (nSPS) is 10.2. The predicted molar refractivity (Wildman–Crippen MR) is 125 cm³/mol. The van der Waals surface area contributed by atoms with Gasteiger partial charge in [-0.15, -0.1) is 0 Å². The number of ether oxygens (including phenoxy) is 2. The molecule has 0 aliphatic heterocycles. The fraction of sp³-hybridized carbons (Fsp3) is 0.167. The summed E-state index contributed by atoms with van der Waals surface area (Å²) in [6, 6.07) is 16.8. The number of hydrogen-bond acceptors (Lipinski definition) is 7. The number of hydrogen-bond donors (Lipinski definition) is 2. The summed E-state index contributed by atoms with van der Waals surface area (Å²) >= 11 is 0.875. The van der Waals surface area contributed by atoms with Crippen molar-refractivity contribution in [2.75, 3.05) is 23.8 Å². The molecule has 0 aliphatic carbocycles. The maximum atomic E-state index is 12.8. The van der Waals surface area contributed by atoms with Crippen molar-refractivity contribution < 1.29 is 28.7 Å². The summed E-state index contributed by atoms with van der Waals surface area (Å²) < 4.78 is 10.2. The van der Waals surface area contributed by atoms with Gasteiger partial charge in [-0.1, -0.05) is 47.7 Å². The molecule has 1 aromatic heterocycles. The quantitative estimate of drug-likeness (QED) is 0.469. The molecular formula is C24H22N2O6S. The van der Waals surface area contributed by atoms with Crippen molar-refractivity contribution in [3.8, 4) is 0 Å². The van der Waals surface area contributed by atoms with E-state index in [1.807, 2.05) is 0 Å². The number of benzene rings is 2. The Morgan fingerprint density at radius 3 is 1.36 bits per heavy atom. The monoisotopic (exact) mass is 466 g/mol. The minimum Gasteiger partial charge on any atom is -0.462 e. The van der Waals surface area contributed by atoms with E-state index in [2.05, 4.69) is 10.6 Å². The Hall–Kier alpha value is -3.98. The molecular weight excluding hydrogens is 444 g/mol. The fourth-order valence-electron chi connectivity index (χ4n) is 2.93. The first-order valence-electron chi connectivity index (χ1n) is 10.2. The number of nitrogens with one attached hydrogen (secondary N) is 2. The summed E-state index contributed by atoms with van der Waals surface area (Å²) in [5.41, 5.74) is 0.363. The third-order valence-electron chi connectivity index (χ3n) is 4.39. The van der Waals surface area contributed by atoms with Gasteiger partial charge in [-0.05, 0) is 38.1 Å².